The lowest BCUT2D eigenvalue weighted by Crippen LogP contribution is -2.33. The Morgan fingerprint density at radius 1 is 1.29 bits per heavy atom. The number of rotatable bonds is 8. The van der Waals surface area contributed by atoms with Crippen LogP contribution in [-0.2, 0) is 17.6 Å². The third-order valence-corrected chi connectivity index (χ3v) is 5.86. The molecule has 1 aromatic carbocycles. The molecule has 0 fully saturated rings. The molecule has 3 rings (SSSR count). The average molecular weight is 405 g/mol. The fraction of sp³-hybridized carbons (Fsp3) is 0.400. The average Bonchev–Trinajstić information content (AvgIpc) is 3.01. The molecule has 1 aliphatic rings. The molecular formula is C20H24FN3O3S. The number of para-hydroxylation sites is 1. The predicted octanol–water partition coefficient (Wildman–Crippen LogP) is 2.81. The number of thiophene rings is 1. The number of nitrogens with zero attached hydrogens (tertiary/aromatic N) is 1. The highest BCUT2D eigenvalue weighted by atomic mass is 32.1. The summed E-state index contributed by atoms with van der Waals surface area (Å²) < 4.78 is 18.9. The van der Waals surface area contributed by atoms with E-state index >= 15 is 0 Å². The van der Waals surface area contributed by atoms with Crippen LogP contribution >= 0.6 is 11.3 Å². The van der Waals surface area contributed by atoms with E-state index in [2.05, 4.69) is 5.32 Å². The van der Waals surface area contributed by atoms with Crippen LogP contribution in [0.4, 0.5) is 9.39 Å². The van der Waals surface area contributed by atoms with Gasteiger partial charge in [0.1, 0.15) is 11.6 Å². The van der Waals surface area contributed by atoms with E-state index in [1.54, 1.807) is 30.1 Å². The van der Waals surface area contributed by atoms with E-state index in [-0.39, 0.29) is 24.8 Å². The van der Waals surface area contributed by atoms with Crippen molar-refractivity contribution in [2.75, 3.05) is 32.1 Å². The van der Waals surface area contributed by atoms with Crippen LogP contribution in [-0.4, -0.2) is 43.5 Å². The van der Waals surface area contributed by atoms with Crippen molar-refractivity contribution in [2.45, 2.75) is 25.7 Å². The Kier molecular flexibility index (Phi) is 6.64. The Hall–Kier alpha value is -2.45. The number of fused-ring (bicyclic) bond motifs is 1. The van der Waals surface area contributed by atoms with E-state index in [0.717, 1.165) is 36.1 Å². The first-order valence-electron chi connectivity index (χ1n) is 9.25. The van der Waals surface area contributed by atoms with Crippen LogP contribution < -0.4 is 15.8 Å². The van der Waals surface area contributed by atoms with Gasteiger partial charge in [0.15, 0.2) is 11.6 Å². The summed E-state index contributed by atoms with van der Waals surface area (Å²) >= 11 is 1.44. The van der Waals surface area contributed by atoms with E-state index in [9.17, 15) is 14.0 Å². The van der Waals surface area contributed by atoms with E-state index in [1.807, 2.05) is 0 Å². The van der Waals surface area contributed by atoms with Gasteiger partial charge in [0.25, 0.3) is 5.91 Å². The molecule has 2 aromatic rings. The van der Waals surface area contributed by atoms with Crippen LogP contribution in [0.15, 0.2) is 24.3 Å². The summed E-state index contributed by atoms with van der Waals surface area (Å²) in [7, 11) is 1.78. The van der Waals surface area contributed by atoms with Crippen molar-refractivity contribution in [3.8, 4) is 5.75 Å². The number of hydrogen-bond donors (Lipinski definition) is 2. The summed E-state index contributed by atoms with van der Waals surface area (Å²) in [5.74, 6) is -0.949. The van der Waals surface area contributed by atoms with Crippen molar-refractivity contribution in [3.05, 3.63) is 46.1 Å². The number of anilines is 1. The number of halogens is 1. The van der Waals surface area contributed by atoms with Gasteiger partial charge < -0.3 is 15.8 Å². The number of likely N-dealkylation sites (N-methyl/N-ethyl adjacent to an activating group) is 1. The Balaban J connectivity index is 1.53. The number of carbonyl (C=O) groups excluding carboxylic acids is 2. The first-order valence-corrected chi connectivity index (χ1v) is 10.1. The minimum atomic E-state index is -0.499. The standard InChI is InChI=1S/C20H24FN3O3S/c1-24(10-11-27-15-8-4-3-7-14(15)21)12-17(25)23-20-18(19(22)26)13-6-2-5-9-16(13)28-20/h3-4,7-8H,2,5-6,9-12H2,1H3,(H2,22,26)(H,23,25). The summed E-state index contributed by atoms with van der Waals surface area (Å²) in [6.45, 7) is 0.831. The Labute approximate surface area is 167 Å². The lowest BCUT2D eigenvalue weighted by Gasteiger charge is -2.16. The van der Waals surface area contributed by atoms with Crippen molar-refractivity contribution in [1.29, 1.82) is 0 Å². The Morgan fingerprint density at radius 3 is 2.79 bits per heavy atom. The van der Waals surface area contributed by atoms with Gasteiger partial charge in [0.2, 0.25) is 5.91 Å². The quantitative estimate of drug-likeness (QED) is 0.707. The fourth-order valence-corrected chi connectivity index (χ4v) is 4.59. The molecule has 0 spiro atoms. The smallest absolute Gasteiger partial charge is 0.251 e. The minimum absolute atomic E-state index is 0.126. The molecule has 1 aliphatic carbocycles. The molecule has 0 bridgehead atoms. The maximum Gasteiger partial charge on any atom is 0.251 e. The molecule has 1 heterocycles. The maximum atomic E-state index is 13.5. The SMILES string of the molecule is CN(CCOc1ccccc1F)CC(=O)Nc1sc2c(c1C(N)=O)CCCC2. The number of primary amides is 1. The van der Waals surface area contributed by atoms with Crippen LogP contribution in [0.25, 0.3) is 0 Å². The second-order valence-corrected chi connectivity index (χ2v) is 7.95. The van der Waals surface area contributed by atoms with E-state index < -0.39 is 11.7 Å². The summed E-state index contributed by atoms with van der Waals surface area (Å²) in [6, 6.07) is 6.20. The number of nitrogens with two attached hydrogens (primary N) is 1. The lowest BCUT2D eigenvalue weighted by atomic mass is 9.95. The summed E-state index contributed by atoms with van der Waals surface area (Å²) in [6.07, 6.45) is 3.86. The molecule has 0 atom stereocenters. The van der Waals surface area contributed by atoms with Crippen LogP contribution in [0.2, 0.25) is 0 Å². The van der Waals surface area contributed by atoms with E-state index in [1.165, 1.54) is 17.4 Å². The van der Waals surface area contributed by atoms with Crippen molar-refractivity contribution in [2.24, 2.45) is 5.73 Å². The molecule has 2 amide bonds. The van der Waals surface area contributed by atoms with Gasteiger partial charge in [-0.3, -0.25) is 14.5 Å². The number of aryl methyl sites for hydroxylation is 1. The molecule has 0 saturated carbocycles. The Bertz CT molecular complexity index is 868. The maximum absolute atomic E-state index is 13.5. The van der Waals surface area contributed by atoms with Gasteiger partial charge >= 0.3 is 0 Å². The zero-order chi connectivity index (χ0) is 20.1. The van der Waals surface area contributed by atoms with Gasteiger partial charge in [-0.25, -0.2) is 4.39 Å². The third-order valence-electron chi connectivity index (χ3n) is 4.65. The second kappa shape index (κ2) is 9.16. The zero-order valence-electron chi connectivity index (χ0n) is 15.8. The van der Waals surface area contributed by atoms with Gasteiger partial charge in [0.05, 0.1) is 12.1 Å². The van der Waals surface area contributed by atoms with Crippen LogP contribution in [0.1, 0.15) is 33.6 Å². The van der Waals surface area contributed by atoms with Crippen LogP contribution in [0, 0.1) is 5.82 Å². The van der Waals surface area contributed by atoms with Gasteiger partial charge in [-0.1, -0.05) is 12.1 Å². The molecule has 28 heavy (non-hydrogen) atoms. The highest BCUT2D eigenvalue weighted by molar-refractivity contribution is 7.17. The second-order valence-electron chi connectivity index (χ2n) is 6.84. The topological polar surface area (TPSA) is 84.7 Å². The lowest BCUT2D eigenvalue weighted by molar-refractivity contribution is -0.117. The first kappa shape index (κ1) is 20.3. The molecule has 3 N–H and O–H groups in total. The first-order chi connectivity index (χ1) is 13.5. The highest BCUT2D eigenvalue weighted by Gasteiger charge is 2.25. The summed E-state index contributed by atoms with van der Waals surface area (Å²) in [5.41, 5.74) is 7.00. The molecule has 0 unspecified atom stereocenters. The predicted molar refractivity (Wildman–Crippen MR) is 108 cm³/mol. The molecule has 0 radical (unpaired) electrons. The Morgan fingerprint density at radius 2 is 2.04 bits per heavy atom. The fourth-order valence-electron chi connectivity index (χ4n) is 3.28. The molecule has 8 heteroatoms. The van der Waals surface area contributed by atoms with Crippen LogP contribution in [0.5, 0.6) is 5.75 Å². The molecule has 150 valence electrons. The molecular weight excluding hydrogens is 381 g/mol. The number of carbonyl (C=O) groups is 2. The van der Waals surface area contributed by atoms with Crippen LogP contribution in [0.3, 0.4) is 0 Å². The number of ether oxygens (including phenoxy) is 1. The number of nitrogens with one attached hydrogen (secondary N) is 1. The molecule has 0 aliphatic heterocycles. The number of hydrogen-bond acceptors (Lipinski definition) is 5. The largest absolute Gasteiger partial charge is 0.489 e. The van der Waals surface area contributed by atoms with Crippen molar-refractivity contribution < 1.29 is 18.7 Å². The monoisotopic (exact) mass is 405 g/mol. The van der Waals surface area contributed by atoms with Crippen molar-refractivity contribution >= 4 is 28.2 Å². The summed E-state index contributed by atoms with van der Waals surface area (Å²) in [5, 5.41) is 3.38. The van der Waals surface area contributed by atoms with Gasteiger partial charge in [-0.15, -0.1) is 11.3 Å². The van der Waals surface area contributed by atoms with E-state index in [4.69, 9.17) is 10.5 Å². The van der Waals surface area contributed by atoms with E-state index in [0.29, 0.717) is 17.1 Å². The van der Waals surface area contributed by atoms with Gasteiger partial charge in [-0.05, 0) is 50.4 Å². The molecule has 1 aromatic heterocycles. The molecule has 6 nitrogen and oxygen atoms in total. The van der Waals surface area contributed by atoms with Crippen molar-refractivity contribution in [1.82, 2.24) is 4.90 Å². The number of amides is 2. The third kappa shape index (κ3) is 4.88. The normalized spacial score (nSPS) is 13.2. The van der Waals surface area contributed by atoms with Gasteiger partial charge in [0, 0.05) is 11.4 Å². The zero-order valence-corrected chi connectivity index (χ0v) is 16.6. The number of benzene rings is 1. The summed E-state index contributed by atoms with van der Waals surface area (Å²) in [4.78, 5) is 27.2. The van der Waals surface area contributed by atoms with Crippen molar-refractivity contribution in [3.63, 3.8) is 0 Å². The highest BCUT2D eigenvalue weighted by Crippen LogP contribution is 2.37. The minimum Gasteiger partial charge on any atom is -0.489 e. The van der Waals surface area contributed by atoms with Gasteiger partial charge in [-0.2, -0.15) is 0 Å². The molecule has 0 saturated heterocycles.